The normalized spacial score (nSPS) is 12.9. The molecule has 1 aliphatic carbocycles. The Balaban J connectivity index is 1.12. The van der Waals surface area contributed by atoms with Crippen LogP contribution >= 0.6 is 0 Å². The Morgan fingerprint density at radius 1 is 0.723 bits per heavy atom. The van der Waals surface area contributed by atoms with Gasteiger partial charge in [-0.1, -0.05) is 56.0 Å². The van der Waals surface area contributed by atoms with Gasteiger partial charge in [-0.25, -0.2) is 14.4 Å². The number of carbonyl (C=O) groups is 4. The molecule has 0 aromatic heterocycles. The molecule has 9 heteroatoms. The smallest absolute Gasteiger partial charge is 0.336 e. The van der Waals surface area contributed by atoms with Gasteiger partial charge in [0.2, 0.25) is 0 Å². The van der Waals surface area contributed by atoms with E-state index in [1.807, 2.05) is 24.3 Å². The fraction of sp³-hybridized carbons (Fsp3) is 0.263. The summed E-state index contributed by atoms with van der Waals surface area (Å²) >= 11 is 0. The standard InChI is InChI=1S/C38H38O9/c1-3-35(39)45-33-19-13-29(14-20-33)30-15-21-34(22-16-30)46-36(40)23-12-28-10-17-31(18-11-28)43-24-7-25-44-38(42)27(2)26-37(41)47-32-8-5-4-6-9-32/h3,10-23,32H,1-2,4-9,24-26H2/b23-12+. The molecule has 1 saturated carbocycles. The van der Waals surface area contributed by atoms with Crippen LogP contribution in [-0.4, -0.2) is 43.2 Å². The van der Waals surface area contributed by atoms with Crippen molar-refractivity contribution in [2.24, 2.45) is 0 Å². The molecule has 0 radical (unpaired) electrons. The summed E-state index contributed by atoms with van der Waals surface area (Å²) in [6.07, 6.45) is 9.30. The number of esters is 4. The third-order valence-corrected chi connectivity index (χ3v) is 7.22. The third-order valence-electron chi connectivity index (χ3n) is 7.22. The number of ether oxygens (including phenoxy) is 5. The molecule has 4 rings (SSSR count). The predicted molar refractivity (Wildman–Crippen MR) is 177 cm³/mol. The molecule has 3 aromatic rings. The summed E-state index contributed by atoms with van der Waals surface area (Å²) in [4.78, 5) is 47.9. The first-order chi connectivity index (χ1) is 22.8. The van der Waals surface area contributed by atoms with Gasteiger partial charge in [0.25, 0.3) is 0 Å². The highest BCUT2D eigenvalue weighted by Gasteiger charge is 2.20. The van der Waals surface area contributed by atoms with E-state index in [0.29, 0.717) is 30.3 Å². The second-order valence-electron chi connectivity index (χ2n) is 10.9. The van der Waals surface area contributed by atoms with Gasteiger partial charge >= 0.3 is 23.9 Å². The summed E-state index contributed by atoms with van der Waals surface area (Å²) in [6, 6.07) is 21.2. The van der Waals surface area contributed by atoms with Crippen molar-refractivity contribution in [3.05, 3.63) is 109 Å². The monoisotopic (exact) mass is 638 g/mol. The Labute approximate surface area is 274 Å². The average Bonchev–Trinajstić information content (AvgIpc) is 3.08. The zero-order valence-electron chi connectivity index (χ0n) is 26.2. The molecular weight excluding hydrogens is 600 g/mol. The predicted octanol–water partition coefficient (Wildman–Crippen LogP) is 7.20. The number of benzene rings is 3. The molecule has 0 aliphatic heterocycles. The molecule has 0 amide bonds. The zero-order chi connectivity index (χ0) is 33.4. The van der Waals surface area contributed by atoms with E-state index >= 15 is 0 Å². The van der Waals surface area contributed by atoms with Crippen molar-refractivity contribution in [2.45, 2.75) is 51.0 Å². The van der Waals surface area contributed by atoms with Crippen LogP contribution in [-0.2, 0) is 28.7 Å². The lowest BCUT2D eigenvalue weighted by Crippen LogP contribution is -2.22. The molecule has 47 heavy (non-hydrogen) atoms. The number of carbonyl (C=O) groups excluding carboxylic acids is 4. The second-order valence-corrected chi connectivity index (χ2v) is 10.9. The first-order valence-electron chi connectivity index (χ1n) is 15.5. The molecule has 0 bridgehead atoms. The Morgan fingerprint density at radius 3 is 1.89 bits per heavy atom. The zero-order valence-corrected chi connectivity index (χ0v) is 26.2. The highest BCUT2D eigenvalue weighted by Crippen LogP contribution is 2.25. The first kappa shape index (κ1) is 34.4. The van der Waals surface area contributed by atoms with Crippen LogP contribution in [0, 0.1) is 0 Å². The average molecular weight is 639 g/mol. The number of rotatable bonds is 15. The van der Waals surface area contributed by atoms with E-state index in [9.17, 15) is 19.2 Å². The van der Waals surface area contributed by atoms with Crippen LogP contribution in [0.4, 0.5) is 0 Å². The van der Waals surface area contributed by atoms with Gasteiger partial charge in [0.05, 0.1) is 19.6 Å². The molecule has 0 saturated heterocycles. The van der Waals surface area contributed by atoms with E-state index < -0.39 is 23.9 Å². The van der Waals surface area contributed by atoms with Gasteiger partial charge < -0.3 is 23.7 Å². The molecule has 1 fully saturated rings. The molecular formula is C38H38O9. The molecule has 0 spiro atoms. The van der Waals surface area contributed by atoms with Crippen LogP contribution in [0.25, 0.3) is 17.2 Å². The van der Waals surface area contributed by atoms with Crippen LogP contribution in [0.2, 0.25) is 0 Å². The van der Waals surface area contributed by atoms with Crippen molar-refractivity contribution in [1.82, 2.24) is 0 Å². The van der Waals surface area contributed by atoms with Gasteiger partial charge in [-0.3, -0.25) is 4.79 Å². The van der Waals surface area contributed by atoms with E-state index in [2.05, 4.69) is 13.2 Å². The van der Waals surface area contributed by atoms with Gasteiger partial charge in [-0.05, 0) is 84.8 Å². The van der Waals surface area contributed by atoms with Crippen molar-refractivity contribution in [2.75, 3.05) is 13.2 Å². The van der Waals surface area contributed by atoms with Crippen LogP contribution in [0.15, 0.2) is 104 Å². The lowest BCUT2D eigenvalue weighted by Gasteiger charge is -2.21. The molecule has 3 aromatic carbocycles. The molecule has 244 valence electrons. The van der Waals surface area contributed by atoms with E-state index in [0.717, 1.165) is 54.9 Å². The van der Waals surface area contributed by atoms with E-state index in [1.54, 1.807) is 54.6 Å². The summed E-state index contributed by atoms with van der Waals surface area (Å²) in [6.45, 7) is 7.48. The lowest BCUT2D eigenvalue weighted by molar-refractivity contribution is -0.151. The largest absolute Gasteiger partial charge is 0.493 e. The minimum atomic E-state index is -0.616. The summed E-state index contributed by atoms with van der Waals surface area (Å²) in [5, 5.41) is 0. The fourth-order valence-corrected chi connectivity index (χ4v) is 4.75. The van der Waals surface area contributed by atoms with Crippen molar-refractivity contribution in [1.29, 1.82) is 0 Å². The van der Waals surface area contributed by atoms with Crippen molar-refractivity contribution in [3.63, 3.8) is 0 Å². The minimum Gasteiger partial charge on any atom is -0.493 e. The van der Waals surface area contributed by atoms with Crippen molar-refractivity contribution >= 4 is 30.0 Å². The Hall–Kier alpha value is -5.44. The van der Waals surface area contributed by atoms with Gasteiger partial charge in [0, 0.05) is 24.1 Å². The first-order valence-corrected chi connectivity index (χ1v) is 15.5. The fourth-order valence-electron chi connectivity index (χ4n) is 4.75. The molecule has 9 nitrogen and oxygen atoms in total. The van der Waals surface area contributed by atoms with E-state index in [-0.39, 0.29) is 24.7 Å². The van der Waals surface area contributed by atoms with Crippen LogP contribution in [0.5, 0.6) is 17.2 Å². The summed E-state index contributed by atoms with van der Waals surface area (Å²) < 4.78 is 26.8. The van der Waals surface area contributed by atoms with Gasteiger partial charge in [0.15, 0.2) is 0 Å². The van der Waals surface area contributed by atoms with Gasteiger partial charge in [-0.15, -0.1) is 0 Å². The Kier molecular flexibility index (Phi) is 13.1. The highest BCUT2D eigenvalue weighted by atomic mass is 16.6. The summed E-state index contributed by atoms with van der Waals surface area (Å²) in [5.41, 5.74) is 2.66. The Bertz CT molecular complexity index is 1560. The summed E-state index contributed by atoms with van der Waals surface area (Å²) in [7, 11) is 0. The van der Waals surface area contributed by atoms with E-state index in [1.165, 1.54) is 6.08 Å². The summed E-state index contributed by atoms with van der Waals surface area (Å²) in [5.74, 6) is -0.667. The van der Waals surface area contributed by atoms with Crippen molar-refractivity contribution < 1.29 is 42.9 Å². The van der Waals surface area contributed by atoms with Crippen LogP contribution < -0.4 is 14.2 Å². The second kappa shape index (κ2) is 17.9. The lowest BCUT2D eigenvalue weighted by atomic mass is 9.98. The van der Waals surface area contributed by atoms with Crippen LogP contribution in [0.1, 0.15) is 50.5 Å². The Morgan fingerprint density at radius 2 is 1.30 bits per heavy atom. The van der Waals surface area contributed by atoms with Gasteiger partial charge in [0.1, 0.15) is 23.4 Å². The SMILES string of the molecule is C=CC(=O)Oc1ccc(-c2ccc(OC(=O)/C=C/c3ccc(OCCCOC(=O)C(=C)CC(=O)OC4CCCCC4)cc3)cc2)cc1. The maximum Gasteiger partial charge on any atom is 0.336 e. The van der Waals surface area contributed by atoms with Crippen LogP contribution in [0.3, 0.4) is 0 Å². The minimum absolute atomic E-state index is 0.0642. The number of hydrogen-bond acceptors (Lipinski definition) is 9. The van der Waals surface area contributed by atoms with E-state index in [4.69, 9.17) is 23.7 Å². The molecule has 0 atom stereocenters. The number of hydrogen-bond donors (Lipinski definition) is 0. The molecule has 0 heterocycles. The molecule has 0 N–H and O–H groups in total. The topological polar surface area (TPSA) is 114 Å². The molecule has 1 aliphatic rings. The maximum absolute atomic E-state index is 12.3. The highest BCUT2D eigenvalue weighted by molar-refractivity contribution is 5.93. The quantitative estimate of drug-likeness (QED) is 0.0738. The van der Waals surface area contributed by atoms with Crippen molar-refractivity contribution in [3.8, 4) is 28.4 Å². The third kappa shape index (κ3) is 11.8. The van der Waals surface area contributed by atoms with Gasteiger partial charge in [-0.2, -0.15) is 0 Å². The maximum atomic E-state index is 12.3. The molecule has 0 unspecified atom stereocenters.